The minimum Gasteiger partial charge on any atom is -0.346 e. The maximum Gasteiger partial charge on any atom is 0.244 e. The summed E-state index contributed by atoms with van der Waals surface area (Å²) in [6.07, 6.45) is 10.3. The number of nitrogens with zero attached hydrogens (tertiary/aromatic N) is 4. The summed E-state index contributed by atoms with van der Waals surface area (Å²) in [5, 5.41) is 11.7. The van der Waals surface area contributed by atoms with Crippen LogP contribution in [0.1, 0.15) is 43.1 Å². The summed E-state index contributed by atoms with van der Waals surface area (Å²) < 4.78 is 16.8. The van der Waals surface area contributed by atoms with E-state index in [1.807, 2.05) is 24.1 Å². The fraction of sp³-hybridized carbons (Fsp3) is 0.318. The van der Waals surface area contributed by atoms with Crippen LogP contribution in [0.2, 0.25) is 0 Å². The van der Waals surface area contributed by atoms with E-state index >= 15 is 0 Å². The smallest absolute Gasteiger partial charge is 0.244 e. The zero-order valence-corrected chi connectivity index (χ0v) is 16.8. The molecule has 0 spiro atoms. The summed E-state index contributed by atoms with van der Waals surface area (Å²) in [4.78, 5) is 12.5. The lowest BCUT2D eigenvalue weighted by Crippen LogP contribution is -2.36. The van der Waals surface area contributed by atoms with Gasteiger partial charge in [-0.2, -0.15) is 10.2 Å². The minimum absolute atomic E-state index is 0.00414. The number of fused-ring (bicyclic) bond motifs is 1. The van der Waals surface area contributed by atoms with Gasteiger partial charge in [0.05, 0.1) is 29.8 Å². The Kier molecular flexibility index (Phi) is 4.82. The van der Waals surface area contributed by atoms with Crippen LogP contribution in [0, 0.1) is 11.2 Å². The monoisotopic (exact) mass is 393 g/mol. The highest BCUT2D eigenvalue weighted by atomic mass is 19.1. The molecule has 0 saturated heterocycles. The van der Waals surface area contributed by atoms with Gasteiger partial charge in [-0.05, 0) is 48.6 Å². The summed E-state index contributed by atoms with van der Waals surface area (Å²) in [6.45, 7) is 4.37. The van der Waals surface area contributed by atoms with E-state index in [0.29, 0.717) is 0 Å². The standard InChI is InChI=1S/C22H24FN5O/c1-22(2)10-19(26-21(29)9-4-15-12-24-27(3)14-15)18-13-25-28(20(18)11-22)17-7-5-16(23)6-8-17/h4-9,12-14,19H,10-11H2,1-3H3,(H,26,29)/b9-4+. The van der Waals surface area contributed by atoms with Crippen molar-refractivity contribution in [2.24, 2.45) is 12.5 Å². The van der Waals surface area contributed by atoms with Crippen LogP contribution in [0.5, 0.6) is 0 Å². The number of nitrogens with one attached hydrogen (secondary N) is 1. The van der Waals surface area contributed by atoms with Crippen molar-refractivity contribution < 1.29 is 9.18 Å². The molecule has 1 aromatic carbocycles. The van der Waals surface area contributed by atoms with Crippen molar-refractivity contribution in [3.63, 3.8) is 0 Å². The van der Waals surface area contributed by atoms with Gasteiger partial charge < -0.3 is 5.32 Å². The van der Waals surface area contributed by atoms with E-state index < -0.39 is 0 Å². The Bertz CT molecular complexity index is 1060. The predicted molar refractivity (Wildman–Crippen MR) is 109 cm³/mol. The molecule has 0 saturated carbocycles. The zero-order valence-electron chi connectivity index (χ0n) is 16.8. The molecular formula is C22H24FN5O. The van der Waals surface area contributed by atoms with E-state index in [-0.39, 0.29) is 23.2 Å². The molecule has 4 rings (SSSR count). The summed E-state index contributed by atoms with van der Waals surface area (Å²) >= 11 is 0. The number of carbonyl (C=O) groups excluding carboxylic acids is 1. The molecule has 1 aliphatic carbocycles. The number of benzene rings is 1. The van der Waals surface area contributed by atoms with Crippen LogP contribution in [0.3, 0.4) is 0 Å². The van der Waals surface area contributed by atoms with Crippen LogP contribution in [0.15, 0.2) is 48.9 Å². The normalized spacial score (nSPS) is 18.0. The lowest BCUT2D eigenvalue weighted by molar-refractivity contribution is -0.117. The summed E-state index contributed by atoms with van der Waals surface area (Å²) in [6, 6.07) is 6.16. The molecule has 7 heteroatoms. The predicted octanol–water partition coefficient (Wildman–Crippen LogP) is 3.59. The first-order valence-electron chi connectivity index (χ1n) is 9.61. The number of aromatic nitrogens is 4. The highest BCUT2D eigenvalue weighted by Crippen LogP contribution is 2.41. The number of hydrogen-bond donors (Lipinski definition) is 1. The molecule has 6 nitrogen and oxygen atoms in total. The first-order chi connectivity index (χ1) is 13.8. The van der Waals surface area contributed by atoms with E-state index in [9.17, 15) is 9.18 Å². The van der Waals surface area contributed by atoms with Crippen molar-refractivity contribution in [3.05, 3.63) is 71.6 Å². The van der Waals surface area contributed by atoms with Crippen molar-refractivity contribution in [1.29, 1.82) is 0 Å². The van der Waals surface area contributed by atoms with E-state index in [2.05, 4.69) is 29.4 Å². The number of amides is 1. The molecule has 1 unspecified atom stereocenters. The van der Waals surface area contributed by atoms with Crippen LogP contribution in [-0.4, -0.2) is 25.5 Å². The molecule has 2 aromatic heterocycles. The average molecular weight is 393 g/mol. The first kappa shape index (κ1) is 19.1. The van der Waals surface area contributed by atoms with Gasteiger partial charge in [-0.1, -0.05) is 13.8 Å². The maximum atomic E-state index is 13.3. The second-order valence-corrected chi connectivity index (χ2v) is 8.32. The fourth-order valence-corrected chi connectivity index (χ4v) is 3.89. The largest absolute Gasteiger partial charge is 0.346 e. The summed E-state index contributed by atoms with van der Waals surface area (Å²) in [5.41, 5.74) is 3.74. The quantitative estimate of drug-likeness (QED) is 0.689. The molecule has 1 N–H and O–H groups in total. The molecule has 3 aromatic rings. The molecule has 2 heterocycles. The second kappa shape index (κ2) is 7.31. The number of hydrogen-bond acceptors (Lipinski definition) is 3. The molecule has 1 amide bonds. The highest BCUT2D eigenvalue weighted by molar-refractivity contribution is 5.92. The summed E-state index contributed by atoms with van der Waals surface area (Å²) in [7, 11) is 1.84. The van der Waals surface area contributed by atoms with Crippen molar-refractivity contribution in [3.8, 4) is 5.69 Å². The van der Waals surface area contributed by atoms with Gasteiger partial charge in [-0.25, -0.2) is 9.07 Å². The van der Waals surface area contributed by atoms with Gasteiger partial charge in [0.25, 0.3) is 0 Å². The van der Waals surface area contributed by atoms with Crippen LogP contribution in [0.4, 0.5) is 4.39 Å². The molecule has 0 radical (unpaired) electrons. The van der Waals surface area contributed by atoms with Crippen LogP contribution in [0.25, 0.3) is 11.8 Å². The van der Waals surface area contributed by atoms with E-state index in [4.69, 9.17) is 0 Å². The molecular weight excluding hydrogens is 369 g/mol. The lowest BCUT2D eigenvalue weighted by atomic mass is 9.74. The molecule has 0 aliphatic heterocycles. The van der Waals surface area contributed by atoms with E-state index in [1.54, 1.807) is 29.1 Å². The van der Waals surface area contributed by atoms with Gasteiger partial charge in [0.2, 0.25) is 5.91 Å². The lowest BCUT2D eigenvalue weighted by Gasteiger charge is -2.35. The summed E-state index contributed by atoms with van der Waals surface area (Å²) in [5.74, 6) is -0.433. The molecule has 1 aliphatic rings. The van der Waals surface area contributed by atoms with Crippen LogP contribution >= 0.6 is 0 Å². The Morgan fingerprint density at radius 3 is 2.69 bits per heavy atom. The Morgan fingerprint density at radius 2 is 2.00 bits per heavy atom. The fourth-order valence-electron chi connectivity index (χ4n) is 3.89. The van der Waals surface area contributed by atoms with E-state index in [0.717, 1.165) is 35.3 Å². The van der Waals surface area contributed by atoms with E-state index in [1.165, 1.54) is 18.2 Å². The van der Waals surface area contributed by atoms with Gasteiger partial charge >= 0.3 is 0 Å². The number of rotatable bonds is 4. The number of carbonyl (C=O) groups is 1. The van der Waals surface area contributed by atoms with Gasteiger partial charge in [0, 0.05) is 30.4 Å². The third-order valence-electron chi connectivity index (χ3n) is 5.22. The number of halogens is 1. The SMILES string of the molecule is Cn1cc(/C=C/C(=O)NC2CC(C)(C)Cc3c2cnn3-c2ccc(F)cc2)cn1. The Hall–Kier alpha value is -3.22. The van der Waals surface area contributed by atoms with Crippen molar-refractivity contribution in [2.75, 3.05) is 0 Å². The third-order valence-corrected chi connectivity index (χ3v) is 5.22. The Balaban J connectivity index is 1.58. The minimum atomic E-state index is -0.277. The van der Waals surface area contributed by atoms with Crippen LogP contribution in [-0.2, 0) is 18.3 Å². The molecule has 1 atom stereocenters. The number of aryl methyl sites for hydroxylation is 1. The molecule has 150 valence electrons. The first-order valence-corrected chi connectivity index (χ1v) is 9.61. The Labute approximate surface area is 169 Å². The van der Waals surface area contributed by atoms with Crippen molar-refractivity contribution in [2.45, 2.75) is 32.7 Å². The highest BCUT2D eigenvalue weighted by Gasteiger charge is 2.35. The molecule has 0 fully saturated rings. The van der Waals surface area contributed by atoms with Crippen molar-refractivity contribution in [1.82, 2.24) is 24.9 Å². The Morgan fingerprint density at radius 1 is 1.24 bits per heavy atom. The van der Waals surface area contributed by atoms with Crippen molar-refractivity contribution >= 4 is 12.0 Å². The van der Waals surface area contributed by atoms with Gasteiger partial charge in [0.1, 0.15) is 5.82 Å². The zero-order chi connectivity index (χ0) is 20.6. The molecule has 29 heavy (non-hydrogen) atoms. The maximum absolute atomic E-state index is 13.3. The second-order valence-electron chi connectivity index (χ2n) is 8.32. The topological polar surface area (TPSA) is 64.7 Å². The molecule has 0 bridgehead atoms. The van der Waals surface area contributed by atoms with Gasteiger partial charge in [0.15, 0.2) is 0 Å². The van der Waals surface area contributed by atoms with Gasteiger partial charge in [-0.15, -0.1) is 0 Å². The third kappa shape index (κ3) is 4.13. The van der Waals surface area contributed by atoms with Crippen LogP contribution < -0.4 is 5.32 Å². The average Bonchev–Trinajstić information content (AvgIpc) is 3.26. The van der Waals surface area contributed by atoms with Gasteiger partial charge in [-0.3, -0.25) is 9.48 Å².